The molecule has 0 spiro atoms. The summed E-state index contributed by atoms with van der Waals surface area (Å²) in [6.45, 7) is 2.12. The highest BCUT2D eigenvalue weighted by Gasteiger charge is 2.24. The maximum atomic E-state index is 13.1. The number of benzene rings is 2. The summed E-state index contributed by atoms with van der Waals surface area (Å²) in [6.07, 6.45) is 5.63. The van der Waals surface area contributed by atoms with Crippen molar-refractivity contribution in [1.29, 1.82) is 0 Å². The molecular formula is C24H27N3O2. The number of para-hydroxylation sites is 1. The maximum absolute atomic E-state index is 13.1. The number of aromatic nitrogens is 2. The Morgan fingerprint density at radius 1 is 1.07 bits per heavy atom. The summed E-state index contributed by atoms with van der Waals surface area (Å²) in [4.78, 5) is 13.1. The first kappa shape index (κ1) is 19.4. The largest absolute Gasteiger partial charge is 0.393 e. The molecule has 5 heteroatoms. The van der Waals surface area contributed by atoms with E-state index in [9.17, 15) is 9.90 Å². The Kier molecular flexibility index (Phi) is 5.76. The first-order valence-corrected chi connectivity index (χ1v) is 10.4. The minimum absolute atomic E-state index is 0.0984. The van der Waals surface area contributed by atoms with Crippen LogP contribution in [0.25, 0.3) is 16.9 Å². The predicted molar refractivity (Wildman–Crippen MR) is 114 cm³/mol. The zero-order valence-corrected chi connectivity index (χ0v) is 16.7. The van der Waals surface area contributed by atoms with Gasteiger partial charge in [0.2, 0.25) is 0 Å². The van der Waals surface area contributed by atoms with Gasteiger partial charge in [0.1, 0.15) is 5.69 Å². The lowest BCUT2D eigenvalue weighted by Crippen LogP contribution is -2.38. The maximum Gasteiger partial charge on any atom is 0.255 e. The minimum atomic E-state index is -0.239. The Bertz CT molecular complexity index is 956. The normalized spacial score (nSPS) is 19.1. The Morgan fingerprint density at radius 2 is 1.76 bits per heavy atom. The molecule has 1 fully saturated rings. The zero-order valence-electron chi connectivity index (χ0n) is 16.7. The molecule has 0 saturated heterocycles. The number of aliphatic hydroxyl groups is 1. The number of rotatable bonds is 5. The topological polar surface area (TPSA) is 67.2 Å². The smallest absolute Gasteiger partial charge is 0.255 e. The van der Waals surface area contributed by atoms with Crippen LogP contribution in [0.2, 0.25) is 0 Å². The van der Waals surface area contributed by atoms with E-state index in [0.717, 1.165) is 43.4 Å². The fourth-order valence-corrected chi connectivity index (χ4v) is 3.85. The third kappa shape index (κ3) is 4.40. The van der Waals surface area contributed by atoms with Crippen molar-refractivity contribution in [3.8, 4) is 16.9 Å². The summed E-state index contributed by atoms with van der Waals surface area (Å²) >= 11 is 0. The molecule has 4 rings (SSSR count). The highest BCUT2D eigenvalue weighted by atomic mass is 16.3. The molecule has 0 bridgehead atoms. The molecule has 1 aliphatic rings. The highest BCUT2D eigenvalue weighted by Crippen LogP contribution is 2.26. The van der Waals surface area contributed by atoms with Crippen LogP contribution < -0.4 is 5.32 Å². The fraction of sp³-hybridized carbons (Fsp3) is 0.333. The van der Waals surface area contributed by atoms with Crippen molar-refractivity contribution >= 4 is 5.91 Å². The van der Waals surface area contributed by atoms with E-state index in [0.29, 0.717) is 11.3 Å². The van der Waals surface area contributed by atoms with Crippen molar-refractivity contribution in [2.75, 3.05) is 0 Å². The third-order valence-corrected chi connectivity index (χ3v) is 5.65. The molecule has 2 N–H and O–H groups in total. The van der Waals surface area contributed by atoms with Crippen molar-refractivity contribution in [3.05, 3.63) is 71.9 Å². The Labute approximate surface area is 171 Å². The summed E-state index contributed by atoms with van der Waals surface area (Å²) in [7, 11) is 0. The average molecular weight is 389 g/mol. The standard InChI is InChI=1S/C24H27N3O2/c1-2-17-8-10-18(11-9-17)23-22(16-27(26-23)20-6-4-3-5-7-20)24(29)25-19-12-14-21(28)15-13-19/h3-11,16,19,21,28H,2,12-15H2,1H3,(H,25,29). The summed E-state index contributed by atoms with van der Waals surface area (Å²) in [5.74, 6) is -0.108. The molecule has 1 heterocycles. The lowest BCUT2D eigenvalue weighted by molar-refractivity contribution is 0.0868. The monoisotopic (exact) mass is 389 g/mol. The molecule has 1 amide bonds. The Hall–Kier alpha value is -2.92. The second kappa shape index (κ2) is 8.62. The number of aliphatic hydroxyl groups excluding tert-OH is 1. The van der Waals surface area contributed by atoms with Gasteiger partial charge in [-0.1, -0.05) is 49.4 Å². The van der Waals surface area contributed by atoms with E-state index in [1.165, 1.54) is 5.56 Å². The van der Waals surface area contributed by atoms with E-state index < -0.39 is 0 Å². The summed E-state index contributed by atoms with van der Waals surface area (Å²) in [5, 5.41) is 17.6. The Morgan fingerprint density at radius 3 is 2.41 bits per heavy atom. The molecule has 0 radical (unpaired) electrons. The van der Waals surface area contributed by atoms with Crippen molar-refractivity contribution in [2.45, 2.75) is 51.2 Å². The van der Waals surface area contributed by atoms with Gasteiger partial charge in [0.15, 0.2) is 0 Å². The number of hydrogen-bond acceptors (Lipinski definition) is 3. The number of carbonyl (C=O) groups is 1. The van der Waals surface area contributed by atoms with Crippen LogP contribution in [0.3, 0.4) is 0 Å². The highest BCUT2D eigenvalue weighted by molar-refractivity contribution is 6.00. The van der Waals surface area contributed by atoms with E-state index >= 15 is 0 Å². The number of aryl methyl sites for hydroxylation is 1. The van der Waals surface area contributed by atoms with Crippen molar-refractivity contribution < 1.29 is 9.90 Å². The van der Waals surface area contributed by atoms with Gasteiger partial charge in [0.05, 0.1) is 17.4 Å². The van der Waals surface area contributed by atoms with E-state index in [1.807, 2.05) is 48.7 Å². The summed E-state index contributed by atoms with van der Waals surface area (Å²) < 4.78 is 1.77. The van der Waals surface area contributed by atoms with Gasteiger partial charge in [0.25, 0.3) is 5.91 Å². The zero-order chi connectivity index (χ0) is 20.2. The molecule has 3 aromatic rings. The molecular weight excluding hydrogens is 362 g/mol. The molecule has 29 heavy (non-hydrogen) atoms. The number of nitrogens with one attached hydrogen (secondary N) is 1. The van der Waals surface area contributed by atoms with Crippen molar-refractivity contribution in [1.82, 2.24) is 15.1 Å². The van der Waals surface area contributed by atoms with E-state index in [-0.39, 0.29) is 18.1 Å². The molecule has 5 nitrogen and oxygen atoms in total. The van der Waals surface area contributed by atoms with Crippen LogP contribution in [0.5, 0.6) is 0 Å². The number of hydrogen-bond donors (Lipinski definition) is 2. The van der Waals surface area contributed by atoms with E-state index in [4.69, 9.17) is 5.10 Å². The van der Waals surface area contributed by atoms with Crippen LogP contribution >= 0.6 is 0 Å². The van der Waals surface area contributed by atoms with Crippen LogP contribution in [-0.2, 0) is 6.42 Å². The lowest BCUT2D eigenvalue weighted by atomic mass is 9.93. The number of nitrogens with zero attached hydrogens (tertiary/aromatic N) is 2. The minimum Gasteiger partial charge on any atom is -0.393 e. The summed E-state index contributed by atoms with van der Waals surface area (Å²) in [5.41, 5.74) is 4.36. The van der Waals surface area contributed by atoms with Gasteiger partial charge in [-0.2, -0.15) is 5.10 Å². The quantitative estimate of drug-likeness (QED) is 0.689. The second-order valence-corrected chi connectivity index (χ2v) is 7.70. The number of carbonyl (C=O) groups excluding carboxylic acids is 1. The molecule has 1 aliphatic carbocycles. The first-order chi connectivity index (χ1) is 14.1. The van der Waals surface area contributed by atoms with Gasteiger partial charge in [0, 0.05) is 17.8 Å². The second-order valence-electron chi connectivity index (χ2n) is 7.70. The van der Waals surface area contributed by atoms with Crippen LogP contribution in [0.1, 0.15) is 48.5 Å². The van der Waals surface area contributed by atoms with E-state index in [2.05, 4.69) is 24.4 Å². The summed E-state index contributed by atoms with van der Waals surface area (Å²) in [6, 6.07) is 18.2. The lowest BCUT2D eigenvalue weighted by Gasteiger charge is -2.26. The fourth-order valence-electron chi connectivity index (χ4n) is 3.85. The van der Waals surface area contributed by atoms with Gasteiger partial charge < -0.3 is 10.4 Å². The molecule has 150 valence electrons. The van der Waals surface area contributed by atoms with Gasteiger partial charge in [-0.15, -0.1) is 0 Å². The van der Waals surface area contributed by atoms with Crippen LogP contribution in [0, 0.1) is 0 Å². The average Bonchev–Trinajstić information content (AvgIpc) is 3.22. The molecule has 0 unspecified atom stereocenters. The third-order valence-electron chi connectivity index (χ3n) is 5.65. The molecule has 0 aliphatic heterocycles. The van der Waals surface area contributed by atoms with Gasteiger partial charge >= 0.3 is 0 Å². The first-order valence-electron chi connectivity index (χ1n) is 10.4. The Balaban J connectivity index is 1.66. The predicted octanol–water partition coefficient (Wildman–Crippen LogP) is 4.14. The van der Waals surface area contributed by atoms with Crippen molar-refractivity contribution in [3.63, 3.8) is 0 Å². The van der Waals surface area contributed by atoms with Gasteiger partial charge in [-0.25, -0.2) is 4.68 Å². The van der Waals surface area contributed by atoms with E-state index in [1.54, 1.807) is 4.68 Å². The molecule has 0 atom stereocenters. The molecule has 1 saturated carbocycles. The van der Waals surface area contributed by atoms with Crippen LogP contribution in [0.15, 0.2) is 60.8 Å². The van der Waals surface area contributed by atoms with Crippen LogP contribution in [0.4, 0.5) is 0 Å². The number of amides is 1. The molecule has 1 aromatic heterocycles. The molecule has 2 aromatic carbocycles. The SMILES string of the molecule is CCc1ccc(-c2nn(-c3ccccc3)cc2C(=O)NC2CCC(O)CC2)cc1. The van der Waals surface area contributed by atoms with Crippen molar-refractivity contribution in [2.24, 2.45) is 0 Å². The van der Waals surface area contributed by atoms with Gasteiger partial charge in [-0.05, 0) is 49.8 Å². The van der Waals surface area contributed by atoms with Crippen LogP contribution in [-0.4, -0.2) is 32.9 Å². The van der Waals surface area contributed by atoms with Gasteiger partial charge in [-0.3, -0.25) is 4.79 Å².